The van der Waals surface area contributed by atoms with E-state index in [1.54, 1.807) is 25.6 Å². The molecule has 0 atom stereocenters. The van der Waals surface area contributed by atoms with E-state index in [2.05, 4.69) is 0 Å². The van der Waals surface area contributed by atoms with Crippen molar-refractivity contribution in [1.29, 1.82) is 0 Å². The van der Waals surface area contributed by atoms with Crippen molar-refractivity contribution in [2.75, 3.05) is 11.5 Å². The van der Waals surface area contributed by atoms with Crippen LogP contribution in [0.5, 0.6) is 0 Å². The van der Waals surface area contributed by atoms with Crippen LogP contribution >= 0.6 is 11.8 Å². The van der Waals surface area contributed by atoms with E-state index in [-0.39, 0.29) is 0 Å². The molecule has 0 bridgehead atoms. The standard InChI is InChI=1S/C7H14O2S/c1-4-10-5-7(2,3)6(8)9/h4-5H2,1-3H3,(H,8,9). The monoisotopic (exact) mass is 162 g/mol. The Morgan fingerprint density at radius 3 is 2.40 bits per heavy atom. The van der Waals surface area contributed by atoms with Gasteiger partial charge in [0.25, 0.3) is 0 Å². The molecular formula is C7H14O2S. The van der Waals surface area contributed by atoms with E-state index < -0.39 is 11.4 Å². The molecule has 0 heterocycles. The van der Waals surface area contributed by atoms with E-state index >= 15 is 0 Å². The molecule has 0 amide bonds. The summed E-state index contributed by atoms with van der Waals surface area (Å²) in [7, 11) is 0. The maximum absolute atomic E-state index is 10.5. The van der Waals surface area contributed by atoms with Gasteiger partial charge >= 0.3 is 5.97 Å². The highest BCUT2D eigenvalue weighted by Crippen LogP contribution is 2.21. The minimum absolute atomic E-state index is 0.569. The summed E-state index contributed by atoms with van der Waals surface area (Å²) in [6.45, 7) is 5.53. The summed E-state index contributed by atoms with van der Waals surface area (Å²) in [5.41, 5.74) is -0.569. The third kappa shape index (κ3) is 3.11. The number of thioether (sulfide) groups is 1. The summed E-state index contributed by atoms with van der Waals surface area (Å²) in [5, 5.41) is 8.65. The topological polar surface area (TPSA) is 37.3 Å². The molecule has 0 saturated heterocycles. The highest BCUT2D eigenvalue weighted by molar-refractivity contribution is 7.99. The molecule has 0 aromatic rings. The fraction of sp³-hybridized carbons (Fsp3) is 0.857. The van der Waals surface area contributed by atoms with E-state index in [1.165, 1.54) is 0 Å². The zero-order valence-electron chi connectivity index (χ0n) is 6.68. The zero-order valence-corrected chi connectivity index (χ0v) is 7.49. The molecule has 60 valence electrons. The lowest BCUT2D eigenvalue weighted by Crippen LogP contribution is -2.26. The summed E-state index contributed by atoms with van der Waals surface area (Å²) in [5.74, 6) is 0.962. The second kappa shape index (κ2) is 3.86. The summed E-state index contributed by atoms with van der Waals surface area (Å²) in [6.07, 6.45) is 0. The van der Waals surface area contributed by atoms with Gasteiger partial charge in [-0.25, -0.2) is 0 Å². The van der Waals surface area contributed by atoms with Crippen LogP contribution in [0, 0.1) is 5.41 Å². The molecule has 10 heavy (non-hydrogen) atoms. The van der Waals surface area contributed by atoms with Gasteiger partial charge < -0.3 is 5.11 Å². The van der Waals surface area contributed by atoms with Gasteiger partial charge in [0.05, 0.1) is 5.41 Å². The van der Waals surface area contributed by atoms with Crippen molar-refractivity contribution in [2.24, 2.45) is 5.41 Å². The van der Waals surface area contributed by atoms with Crippen LogP contribution in [0.1, 0.15) is 20.8 Å². The molecule has 0 aliphatic rings. The van der Waals surface area contributed by atoms with Crippen LogP contribution in [0.2, 0.25) is 0 Å². The van der Waals surface area contributed by atoms with Crippen LogP contribution in [0.15, 0.2) is 0 Å². The number of rotatable bonds is 4. The molecule has 3 heteroatoms. The van der Waals surface area contributed by atoms with E-state index in [9.17, 15) is 4.79 Å². The molecule has 0 spiro atoms. The van der Waals surface area contributed by atoms with E-state index in [1.807, 2.05) is 6.92 Å². The van der Waals surface area contributed by atoms with Crippen molar-refractivity contribution in [3.05, 3.63) is 0 Å². The normalized spacial score (nSPS) is 11.5. The molecular weight excluding hydrogens is 148 g/mol. The Labute approximate surface area is 66.0 Å². The second-order valence-corrected chi connectivity index (χ2v) is 4.10. The van der Waals surface area contributed by atoms with Crippen molar-refractivity contribution in [1.82, 2.24) is 0 Å². The fourth-order valence-electron chi connectivity index (χ4n) is 0.419. The maximum atomic E-state index is 10.5. The Morgan fingerprint density at radius 1 is 1.60 bits per heavy atom. The van der Waals surface area contributed by atoms with Crippen molar-refractivity contribution < 1.29 is 9.90 Å². The van der Waals surface area contributed by atoms with E-state index in [0.29, 0.717) is 5.75 Å². The average Bonchev–Trinajstić information content (AvgIpc) is 1.84. The minimum Gasteiger partial charge on any atom is -0.481 e. The molecule has 0 aromatic heterocycles. The van der Waals surface area contributed by atoms with Gasteiger partial charge in [0.15, 0.2) is 0 Å². The Kier molecular flexibility index (Phi) is 3.79. The number of carboxylic acids is 1. The Balaban J connectivity index is 3.75. The van der Waals surface area contributed by atoms with Gasteiger partial charge in [-0.05, 0) is 19.6 Å². The molecule has 0 aliphatic heterocycles. The summed E-state index contributed by atoms with van der Waals surface area (Å²) in [6, 6.07) is 0. The van der Waals surface area contributed by atoms with Gasteiger partial charge in [-0.2, -0.15) is 11.8 Å². The van der Waals surface area contributed by atoms with Crippen LogP contribution in [-0.2, 0) is 4.79 Å². The highest BCUT2D eigenvalue weighted by atomic mass is 32.2. The fourth-order valence-corrected chi connectivity index (χ4v) is 1.26. The number of carboxylic acid groups (broad SMARTS) is 1. The SMILES string of the molecule is CCSCC(C)(C)C(=O)O. The molecule has 0 unspecified atom stereocenters. The third-order valence-corrected chi connectivity index (χ3v) is 2.58. The maximum Gasteiger partial charge on any atom is 0.309 e. The Morgan fingerprint density at radius 2 is 2.10 bits per heavy atom. The van der Waals surface area contributed by atoms with Gasteiger partial charge in [-0.1, -0.05) is 6.92 Å². The van der Waals surface area contributed by atoms with Crippen molar-refractivity contribution >= 4 is 17.7 Å². The minimum atomic E-state index is -0.714. The molecule has 0 aromatic carbocycles. The first-order valence-corrected chi connectivity index (χ1v) is 4.47. The van der Waals surface area contributed by atoms with Gasteiger partial charge in [-0.3, -0.25) is 4.79 Å². The van der Waals surface area contributed by atoms with Gasteiger partial charge in [0, 0.05) is 5.75 Å². The molecule has 2 nitrogen and oxygen atoms in total. The lowest BCUT2D eigenvalue weighted by Gasteiger charge is -2.17. The van der Waals surface area contributed by atoms with E-state index in [4.69, 9.17) is 5.11 Å². The average molecular weight is 162 g/mol. The highest BCUT2D eigenvalue weighted by Gasteiger charge is 2.26. The van der Waals surface area contributed by atoms with Gasteiger partial charge in [0.2, 0.25) is 0 Å². The van der Waals surface area contributed by atoms with Crippen LogP contribution in [0.25, 0.3) is 0 Å². The summed E-state index contributed by atoms with van der Waals surface area (Å²) in [4.78, 5) is 10.5. The predicted molar refractivity (Wildman–Crippen MR) is 44.4 cm³/mol. The largest absolute Gasteiger partial charge is 0.481 e. The Bertz CT molecular complexity index is 121. The van der Waals surface area contributed by atoms with Crippen LogP contribution < -0.4 is 0 Å². The lowest BCUT2D eigenvalue weighted by atomic mass is 9.97. The van der Waals surface area contributed by atoms with Crippen molar-refractivity contribution in [2.45, 2.75) is 20.8 Å². The molecule has 1 N–H and O–H groups in total. The Hall–Kier alpha value is -0.180. The van der Waals surface area contributed by atoms with Gasteiger partial charge in [0.1, 0.15) is 0 Å². The molecule has 0 rings (SSSR count). The summed E-state index contributed by atoms with van der Waals surface area (Å²) < 4.78 is 0. The second-order valence-electron chi connectivity index (χ2n) is 2.83. The number of aliphatic carboxylic acids is 1. The van der Waals surface area contributed by atoms with Crippen LogP contribution in [-0.4, -0.2) is 22.6 Å². The van der Waals surface area contributed by atoms with Crippen LogP contribution in [0.4, 0.5) is 0 Å². The first-order valence-electron chi connectivity index (χ1n) is 3.32. The van der Waals surface area contributed by atoms with E-state index in [0.717, 1.165) is 5.75 Å². The summed E-state index contributed by atoms with van der Waals surface area (Å²) >= 11 is 1.66. The quantitative estimate of drug-likeness (QED) is 0.685. The first-order chi connectivity index (χ1) is 4.50. The zero-order chi connectivity index (χ0) is 8.20. The lowest BCUT2D eigenvalue weighted by molar-refractivity contribution is -0.145. The first kappa shape index (κ1) is 9.82. The molecule has 0 radical (unpaired) electrons. The third-order valence-electron chi connectivity index (χ3n) is 1.25. The smallest absolute Gasteiger partial charge is 0.309 e. The van der Waals surface area contributed by atoms with Gasteiger partial charge in [-0.15, -0.1) is 0 Å². The predicted octanol–water partition coefficient (Wildman–Crippen LogP) is 1.85. The van der Waals surface area contributed by atoms with Crippen LogP contribution in [0.3, 0.4) is 0 Å². The van der Waals surface area contributed by atoms with Crippen molar-refractivity contribution in [3.63, 3.8) is 0 Å². The molecule has 0 saturated carbocycles. The molecule has 0 aliphatic carbocycles. The number of carbonyl (C=O) groups is 1. The molecule has 0 fully saturated rings. The van der Waals surface area contributed by atoms with Crippen molar-refractivity contribution in [3.8, 4) is 0 Å². The number of hydrogen-bond donors (Lipinski definition) is 1. The number of hydrogen-bond acceptors (Lipinski definition) is 2.